The lowest BCUT2D eigenvalue weighted by molar-refractivity contribution is -0.110. The number of rotatable bonds is 8. The van der Waals surface area contributed by atoms with Crippen LogP contribution in [-0.4, -0.2) is 35.6 Å². The summed E-state index contributed by atoms with van der Waals surface area (Å²) >= 11 is 1.12. The highest BCUT2D eigenvalue weighted by molar-refractivity contribution is 7.16. The summed E-state index contributed by atoms with van der Waals surface area (Å²) < 4.78 is 5.04. The number of phenolic OH excluding ortho intramolecular Hbond substituents is 1. The molecule has 0 spiro atoms. The number of carbonyl (C=O) groups is 4. The zero-order valence-corrected chi connectivity index (χ0v) is 22.2. The van der Waals surface area contributed by atoms with E-state index >= 15 is 0 Å². The standard InChI is InChI=1S/C30H23N3O6S/c1-16(34)26-11-12-27(40-26)30(38)32-19-6-3-17(4-7-19)28(36)18-5-9-21-22(29(37)33-23(21)13-18)15-31-20-8-10-25(39-2)24(35)14-20/h3-15,31,35H,1-2H3,(H,32,38)(H,33,37). The Bertz CT molecular complexity index is 1700. The summed E-state index contributed by atoms with van der Waals surface area (Å²) in [5.41, 5.74) is 3.39. The number of ketones is 2. The van der Waals surface area contributed by atoms with Gasteiger partial charge in [0.1, 0.15) is 0 Å². The van der Waals surface area contributed by atoms with Crippen molar-refractivity contribution in [1.29, 1.82) is 0 Å². The Balaban J connectivity index is 1.28. The van der Waals surface area contributed by atoms with E-state index in [1.807, 2.05) is 0 Å². The fourth-order valence-corrected chi connectivity index (χ4v) is 4.92. The number of ether oxygens (including phenoxy) is 1. The highest BCUT2D eigenvalue weighted by Crippen LogP contribution is 2.34. The first kappa shape index (κ1) is 26.4. The summed E-state index contributed by atoms with van der Waals surface area (Å²) in [5.74, 6) is -0.716. The van der Waals surface area contributed by atoms with E-state index in [2.05, 4.69) is 16.0 Å². The number of phenols is 1. The van der Waals surface area contributed by atoms with Gasteiger partial charge in [0.15, 0.2) is 23.1 Å². The normalized spacial score (nSPS) is 12.9. The third-order valence-corrected chi connectivity index (χ3v) is 7.39. The number of methoxy groups -OCH3 is 1. The smallest absolute Gasteiger partial charge is 0.265 e. The Morgan fingerprint density at radius 1 is 0.900 bits per heavy atom. The molecule has 9 nitrogen and oxygen atoms in total. The van der Waals surface area contributed by atoms with Crippen LogP contribution < -0.4 is 20.7 Å². The molecule has 0 atom stereocenters. The Kier molecular flexibility index (Phi) is 7.17. The van der Waals surface area contributed by atoms with Crippen LogP contribution in [0.15, 0.2) is 79.0 Å². The summed E-state index contributed by atoms with van der Waals surface area (Å²) in [6, 6.07) is 19.4. The van der Waals surface area contributed by atoms with E-state index in [1.165, 1.54) is 26.3 Å². The first-order valence-corrected chi connectivity index (χ1v) is 12.9. The number of Topliss-reactive ketones (excluding diaryl/α,β-unsaturated/α-hetero) is 1. The Hall–Kier alpha value is -5.22. The molecular weight excluding hydrogens is 530 g/mol. The van der Waals surface area contributed by atoms with Crippen molar-refractivity contribution in [2.24, 2.45) is 0 Å². The minimum absolute atomic E-state index is 0.0356. The molecule has 1 aliphatic heterocycles. The largest absolute Gasteiger partial charge is 0.504 e. The molecule has 1 aliphatic rings. The summed E-state index contributed by atoms with van der Waals surface area (Å²) in [7, 11) is 1.46. The lowest BCUT2D eigenvalue weighted by Crippen LogP contribution is -2.10. The van der Waals surface area contributed by atoms with Crippen LogP contribution in [0.4, 0.5) is 17.1 Å². The molecule has 0 saturated heterocycles. The molecule has 0 bridgehead atoms. The molecule has 0 aliphatic carbocycles. The third kappa shape index (κ3) is 5.33. The van der Waals surface area contributed by atoms with E-state index in [9.17, 15) is 24.3 Å². The lowest BCUT2D eigenvalue weighted by atomic mass is 9.99. The van der Waals surface area contributed by atoms with Crippen molar-refractivity contribution in [3.8, 4) is 11.5 Å². The van der Waals surface area contributed by atoms with E-state index < -0.39 is 0 Å². The second kappa shape index (κ2) is 10.9. The monoisotopic (exact) mass is 553 g/mol. The molecule has 2 amide bonds. The van der Waals surface area contributed by atoms with Gasteiger partial charge in [-0.3, -0.25) is 19.2 Å². The molecule has 4 aromatic rings. The topological polar surface area (TPSA) is 134 Å². The Morgan fingerprint density at radius 2 is 1.60 bits per heavy atom. The highest BCUT2D eigenvalue weighted by atomic mass is 32.1. The van der Waals surface area contributed by atoms with E-state index in [0.29, 0.717) is 54.8 Å². The van der Waals surface area contributed by atoms with E-state index in [0.717, 1.165) is 11.3 Å². The molecule has 40 heavy (non-hydrogen) atoms. The number of amides is 2. The quantitative estimate of drug-likeness (QED) is 0.166. The van der Waals surface area contributed by atoms with E-state index in [4.69, 9.17) is 4.74 Å². The van der Waals surface area contributed by atoms with Gasteiger partial charge in [0.2, 0.25) is 0 Å². The highest BCUT2D eigenvalue weighted by Gasteiger charge is 2.25. The lowest BCUT2D eigenvalue weighted by Gasteiger charge is -2.07. The van der Waals surface area contributed by atoms with E-state index in [-0.39, 0.29) is 29.1 Å². The van der Waals surface area contributed by atoms with Crippen LogP contribution in [0.3, 0.4) is 0 Å². The van der Waals surface area contributed by atoms with Crippen LogP contribution in [0.2, 0.25) is 0 Å². The van der Waals surface area contributed by atoms with Crippen LogP contribution in [0.25, 0.3) is 5.57 Å². The van der Waals surface area contributed by atoms with Crippen molar-refractivity contribution in [3.05, 3.63) is 105 Å². The number of benzene rings is 3. The maximum absolute atomic E-state index is 13.1. The predicted molar refractivity (Wildman–Crippen MR) is 153 cm³/mol. The summed E-state index contributed by atoms with van der Waals surface area (Å²) in [5, 5.41) is 18.5. The Labute approximate surface area is 233 Å². The molecule has 0 saturated carbocycles. The number of fused-ring (bicyclic) bond motifs is 1. The minimum Gasteiger partial charge on any atom is -0.504 e. The molecule has 0 radical (unpaired) electrons. The van der Waals surface area contributed by atoms with Crippen molar-refractivity contribution >= 4 is 57.4 Å². The van der Waals surface area contributed by atoms with Crippen molar-refractivity contribution in [3.63, 3.8) is 0 Å². The van der Waals surface area contributed by atoms with E-state index in [1.54, 1.807) is 66.7 Å². The first-order valence-electron chi connectivity index (χ1n) is 12.1. The average Bonchev–Trinajstić information content (AvgIpc) is 3.56. The molecule has 0 fully saturated rings. The summed E-state index contributed by atoms with van der Waals surface area (Å²) in [6.45, 7) is 1.45. The fraction of sp³-hybridized carbons (Fsp3) is 0.0667. The molecule has 2 heterocycles. The number of nitrogens with one attached hydrogen (secondary N) is 3. The fourth-order valence-electron chi connectivity index (χ4n) is 4.13. The van der Waals surface area contributed by atoms with Gasteiger partial charge in [0, 0.05) is 46.0 Å². The van der Waals surface area contributed by atoms with Crippen molar-refractivity contribution < 1.29 is 29.0 Å². The van der Waals surface area contributed by atoms with Crippen molar-refractivity contribution in [1.82, 2.24) is 0 Å². The molecule has 5 rings (SSSR count). The number of carbonyl (C=O) groups excluding carboxylic acids is 4. The van der Waals surface area contributed by atoms with Gasteiger partial charge in [0.05, 0.1) is 22.4 Å². The zero-order valence-electron chi connectivity index (χ0n) is 21.4. The molecule has 4 N–H and O–H groups in total. The molecule has 200 valence electrons. The molecule has 0 unspecified atom stereocenters. The number of anilines is 3. The second-order valence-corrected chi connectivity index (χ2v) is 9.97. The van der Waals surface area contributed by atoms with Gasteiger partial charge < -0.3 is 25.8 Å². The second-order valence-electron chi connectivity index (χ2n) is 8.88. The van der Waals surface area contributed by atoms with Gasteiger partial charge in [0.25, 0.3) is 11.8 Å². The Morgan fingerprint density at radius 3 is 2.27 bits per heavy atom. The maximum Gasteiger partial charge on any atom is 0.265 e. The van der Waals surface area contributed by atoms with Gasteiger partial charge in [-0.1, -0.05) is 12.1 Å². The number of hydrogen-bond donors (Lipinski definition) is 4. The minimum atomic E-state index is -0.340. The predicted octanol–water partition coefficient (Wildman–Crippen LogP) is 5.55. The van der Waals surface area contributed by atoms with Gasteiger partial charge in [-0.2, -0.15) is 0 Å². The van der Waals surface area contributed by atoms with Gasteiger partial charge >= 0.3 is 0 Å². The third-order valence-electron chi connectivity index (χ3n) is 6.21. The van der Waals surface area contributed by atoms with Gasteiger partial charge in [-0.15, -0.1) is 11.3 Å². The summed E-state index contributed by atoms with van der Waals surface area (Å²) in [6.07, 6.45) is 1.54. The van der Waals surface area contributed by atoms with Crippen LogP contribution >= 0.6 is 11.3 Å². The van der Waals surface area contributed by atoms with Crippen LogP contribution in [0.1, 0.15) is 47.8 Å². The first-order chi connectivity index (χ1) is 19.2. The van der Waals surface area contributed by atoms with Crippen LogP contribution in [0, 0.1) is 0 Å². The summed E-state index contributed by atoms with van der Waals surface area (Å²) in [4.78, 5) is 50.6. The maximum atomic E-state index is 13.1. The molecule has 1 aromatic heterocycles. The molecule has 3 aromatic carbocycles. The van der Waals surface area contributed by atoms with Crippen molar-refractivity contribution in [2.75, 3.05) is 23.1 Å². The molecule has 10 heteroatoms. The number of thiophene rings is 1. The van der Waals surface area contributed by atoms with Crippen LogP contribution in [0.5, 0.6) is 11.5 Å². The van der Waals surface area contributed by atoms with Crippen molar-refractivity contribution in [2.45, 2.75) is 6.92 Å². The molecular formula is C30H23N3O6S. The van der Waals surface area contributed by atoms with Gasteiger partial charge in [-0.05, 0) is 61.5 Å². The number of aromatic hydroxyl groups is 1. The SMILES string of the molecule is COc1ccc(NC=C2C(=O)Nc3cc(C(=O)c4ccc(NC(=O)c5ccc(C(C)=O)s5)cc4)ccc32)cc1O. The average molecular weight is 554 g/mol. The van der Waals surface area contributed by atoms with Gasteiger partial charge in [-0.25, -0.2) is 0 Å². The number of hydrogen-bond acceptors (Lipinski definition) is 8. The zero-order chi connectivity index (χ0) is 28.4. The van der Waals surface area contributed by atoms with Crippen LogP contribution in [-0.2, 0) is 4.79 Å².